The van der Waals surface area contributed by atoms with Crippen molar-refractivity contribution in [3.8, 4) is 0 Å². The van der Waals surface area contributed by atoms with E-state index in [-0.39, 0.29) is 18.0 Å². The smallest absolute Gasteiger partial charge is 0.338 e. The van der Waals surface area contributed by atoms with Gasteiger partial charge in [0.15, 0.2) is 6.54 Å². The molecule has 1 saturated heterocycles. The van der Waals surface area contributed by atoms with E-state index in [1.54, 1.807) is 24.3 Å². The van der Waals surface area contributed by atoms with Gasteiger partial charge in [0.05, 0.1) is 24.8 Å². The van der Waals surface area contributed by atoms with E-state index in [4.69, 9.17) is 4.74 Å². The lowest BCUT2D eigenvalue weighted by molar-refractivity contribution is -0.897. The fourth-order valence-electron chi connectivity index (χ4n) is 2.75. The first-order chi connectivity index (χ1) is 10.9. The summed E-state index contributed by atoms with van der Waals surface area (Å²) in [6, 6.07) is 6.83. The summed E-state index contributed by atoms with van der Waals surface area (Å²) in [5.74, 6) is 0.455. The summed E-state index contributed by atoms with van der Waals surface area (Å²) in [7, 11) is 0. The maximum Gasteiger partial charge on any atom is 0.338 e. The lowest BCUT2D eigenvalue weighted by atomic mass is 9.99. The molecule has 2 N–H and O–H groups in total. The minimum Gasteiger partial charge on any atom is -0.459 e. The Morgan fingerprint density at radius 3 is 2.39 bits per heavy atom. The zero-order valence-corrected chi connectivity index (χ0v) is 14.2. The van der Waals surface area contributed by atoms with Gasteiger partial charge in [-0.2, -0.15) is 0 Å². The second-order valence-corrected chi connectivity index (χ2v) is 6.69. The number of rotatable bonds is 5. The second kappa shape index (κ2) is 8.11. The zero-order chi connectivity index (χ0) is 16.8. The number of anilines is 1. The molecule has 126 valence electrons. The predicted molar refractivity (Wildman–Crippen MR) is 89.6 cm³/mol. The normalized spacial score (nSPS) is 21.0. The number of esters is 1. The number of nitrogens with one attached hydrogen (secondary N) is 2. The Hall–Kier alpha value is -1.88. The van der Waals surface area contributed by atoms with Crippen molar-refractivity contribution >= 4 is 17.6 Å². The molecule has 23 heavy (non-hydrogen) atoms. The number of amides is 1. The fraction of sp³-hybridized carbons (Fsp3) is 0.556. The maximum absolute atomic E-state index is 12.1. The number of carbonyl (C=O) groups excluding carboxylic acids is 2. The summed E-state index contributed by atoms with van der Waals surface area (Å²) in [6.45, 7) is 8.53. The Morgan fingerprint density at radius 2 is 1.83 bits per heavy atom. The summed E-state index contributed by atoms with van der Waals surface area (Å²) in [5.41, 5.74) is 1.20. The first-order valence-electron chi connectivity index (χ1n) is 8.38. The number of quaternary nitrogens is 1. The Morgan fingerprint density at radius 1 is 1.22 bits per heavy atom. The molecular weight excluding hydrogens is 292 g/mol. The van der Waals surface area contributed by atoms with Crippen LogP contribution in [0.3, 0.4) is 0 Å². The molecule has 1 aliphatic heterocycles. The average Bonchev–Trinajstić information content (AvgIpc) is 2.49. The summed E-state index contributed by atoms with van der Waals surface area (Å²) < 4.78 is 5.14. The van der Waals surface area contributed by atoms with Gasteiger partial charge in [0, 0.05) is 5.69 Å². The SMILES string of the molecule is CC1CC[NH+](CC(=O)Nc2ccc(C(=O)OC(C)C)cc2)CC1. The molecule has 1 aliphatic rings. The molecule has 0 aromatic heterocycles. The van der Waals surface area contributed by atoms with Gasteiger partial charge < -0.3 is 15.0 Å². The molecule has 1 aromatic rings. The van der Waals surface area contributed by atoms with Crippen LogP contribution in [0.4, 0.5) is 5.69 Å². The van der Waals surface area contributed by atoms with E-state index in [0.29, 0.717) is 17.8 Å². The van der Waals surface area contributed by atoms with Gasteiger partial charge in [-0.05, 0) is 56.9 Å². The second-order valence-electron chi connectivity index (χ2n) is 6.69. The van der Waals surface area contributed by atoms with Crippen LogP contribution < -0.4 is 10.2 Å². The summed E-state index contributed by atoms with van der Waals surface area (Å²) >= 11 is 0. The number of hydrogen-bond donors (Lipinski definition) is 2. The highest BCUT2D eigenvalue weighted by atomic mass is 16.5. The van der Waals surface area contributed by atoms with Crippen molar-refractivity contribution in [2.75, 3.05) is 25.0 Å². The maximum atomic E-state index is 12.1. The molecule has 5 nitrogen and oxygen atoms in total. The van der Waals surface area contributed by atoms with Crippen molar-refractivity contribution in [1.29, 1.82) is 0 Å². The molecule has 1 fully saturated rings. The predicted octanol–water partition coefficient (Wildman–Crippen LogP) is 1.51. The Kier molecular flexibility index (Phi) is 6.16. The highest BCUT2D eigenvalue weighted by Crippen LogP contribution is 2.11. The molecule has 0 unspecified atom stereocenters. The van der Waals surface area contributed by atoms with Gasteiger partial charge in [-0.1, -0.05) is 6.92 Å². The van der Waals surface area contributed by atoms with Crippen molar-refractivity contribution in [2.45, 2.75) is 39.7 Å². The van der Waals surface area contributed by atoms with E-state index in [0.717, 1.165) is 19.0 Å². The summed E-state index contributed by atoms with van der Waals surface area (Å²) in [6.07, 6.45) is 2.24. The van der Waals surface area contributed by atoms with Gasteiger partial charge in [-0.3, -0.25) is 4.79 Å². The molecule has 2 rings (SSSR count). The van der Waals surface area contributed by atoms with Crippen LogP contribution >= 0.6 is 0 Å². The molecule has 0 spiro atoms. The van der Waals surface area contributed by atoms with Crippen LogP contribution in [-0.2, 0) is 9.53 Å². The van der Waals surface area contributed by atoms with Crippen LogP contribution in [0.25, 0.3) is 0 Å². The third kappa shape index (κ3) is 5.67. The van der Waals surface area contributed by atoms with E-state index in [1.165, 1.54) is 17.7 Å². The highest BCUT2D eigenvalue weighted by molar-refractivity contribution is 5.93. The number of ether oxygens (including phenoxy) is 1. The average molecular weight is 319 g/mol. The first-order valence-corrected chi connectivity index (χ1v) is 8.38. The molecule has 0 saturated carbocycles. The minimum absolute atomic E-state index is 0.0204. The number of benzene rings is 1. The molecule has 1 aromatic carbocycles. The zero-order valence-electron chi connectivity index (χ0n) is 14.2. The Labute approximate surface area is 138 Å². The monoisotopic (exact) mass is 319 g/mol. The van der Waals surface area contributed by atoms with Gasteiger partial charge in [-0.25, -0.2) is 4.79 Å². The van der Waals surface area contributed by atoms with Gasteiger partial charge in [0.25, 0.3) is 5.91 Å². The number of hydrogen-bond acceptors (Lipinski definition) is 3. The van der Waals surface area contributed by atoms with Gasteiger partial charge in [0.2, 0.25) is 0 Å². The quantitative estimate of drug-likeness (QED) is 0.809. The highest BCUT2D eigenvalue weighted by Gasteiger charge is 2.21. The van der Waals surface area contributed by atoms with Gasteiger partial charge in [-0.15, -0.1) is 0 Å². The molecule has 1 amide bonds. The van der Waals surface area contributed by atoms with Crippen molar-refractivity contribution < 1.29 is 19.2 Å². The van der Waals surface area contributed by atoms with Crippen molar-refractivity contribution in [2.24, 2.45) is 5.92 Å². The lowest BCUT2D eigenvalue weighted by Gasteiger charge is -2.26. The van der Waals surface area contributed by atoms with E-state index >= 15 is 0 Å². The van der Waals surface area contributed by atoms with Crippen LogP contribution in [0.15, 0.2) is 24.3 Å². The van der Waals surface area contributed by atoms with Crippen LogP contribution in [0.1, 0.15) is 44.0 Å². The molecule has 0 aliphatic carbocycles. The Balaban J connectivity index is 1.83. The fourth-order valence-corrected chi connectivity index (χ4v) is 2.75. The molecular formula is C18H27N2O3+. The van der Waals surface area contributed by atoms with Crippen molar-refractivity contribution in [3.05, 3.63) is 29.8 Å². The minimum atomic E-state index is -0.343. The first kappa shape index (κ1) is 17.5. The Bertz CT molecular complexity index is 532. The molecule has 1 heterocycles. The topological polar surface area (TPSA) is 59.8 Å². The van der Waals surface area contributed by atoms with Gasteiger partial charge >= 0.3 is 5.97 Å². The largest absolute Gasteiger partial charge is 0.459 e. The number of carbonyl (C=O) groups is 2. The third-order valence-electron chi connectivity index (χ3n) is 4.14. The van der Waals surface area contributed by atoms with E-state index < -0.39 is 0 Å². The van der Waals surface area contributed by atoms with Gasteiger partial charge in [0.1, 0.15) is 0 Å². The van der Waals surface area contributed by atoms with E-state index in [9.17, 15) is 9.59 Å². The molecule has 0 bridgehead atoms. The van der Waals surface area contributed by atoms with E-state index in [1.807, 2.05) is 13.8 Å². The standard InChI is InChI=1S/C18H26N2O3/c1-13(2)23-18(22)15-4-6-16(7-5-15)19-17(21)12-20-10-8-14(3)9-11-20/h4-7,13-14H,8-12H2,1-3H3,(H,19,21)/p+1. The van der Waals surface area contributed by atoms with Crippen LogP contribution in [-0.4, -0.2) is 37.6 Å². The van der Waals surface area contributed by atoms with Crippen molar-refractivity contribution in [1.82, 2.24) is 0 Å². The number of piperidine rings is 1. The van der Waals surface area contributed by atoms with Crippen LogP contribution in [0.2, 0.25) is 0 Å². The molecule has 5 heteroatoms. The van der Waals surface area contributed by atoms with Crippen LogP contribution in [0, 0.1) is 5.92 Å². The summed E-state index contributed by atoms with van der Waals surface area (Å²) in [5, 5.41) is 2.90. The van der Waals surface area contributed by atoms with E-state index in [2.05, 4.69) is 12.2 Å². The number of likely N-dealkylation sites (tertiary alicyclic amines) is 1. The van der Waals surface area contributed by atoms with Crippen LogP contribution in [0.5, 0.6) is 0 Å². The molecule has 0 radical (unpaired) electrons. The lowest BCUT2D eigenvalue weighted by Crippen LogP contribution is -3.14. The summed E-state index contributed by atoms with van der Waals surface area (Å²) in [4.78, 5) is 25.2. The third-order valence-corrected chi connectivity index (χ3v) is 4.14. The molecule has 0 atom stereocenters. The van der Waals surface area contributed by atoms with Crippen molar-refractivity contribution in [3.63, 3.8) is 0 Å².